The molecule has 0 aromatic carbocycles. The highest BCUT2D eigenvalue weighted by molar-refractivity contribution is 5.95. The third kappa shape index (κ3) is 3.18. The van der Waals surface area contributed by atoms with E-state index in [4.69, 9.17) is 13.9 Å². The van der Waals surface area contributed by atoms with E-state index in [1.807, 2.05) is 0 Å². The van der Waals surface area contributed by atoms with E-state index in [-0.39, 0.29) is 18.5 Å². The van der Waals surface area contributed by atoms with Gasteiger partial charge < -0.3 is 28.6 Å². The Morgan fingerprint density at radius 1 is 1.35 bits per heavy atom. The molecule has 2 aliphatic rings. The minimum absolute atomic E-state index is 0.0431. The molecule has 0 radical (unpaired) electrons. The van der Waals surface area contributed by atoms with Gasteiger partial charge in [-0.1, -0.05) is 0 Å². The first-order valence-electron chi connectivity index (χ1n) is 7.51. The quantitative estimate of drug-likeness (QED) is 0.747. The molecule has 8 heteroatoms. The van der Waals surface area contributed by atoms with Crippen LogP contribution in [-0.4, -0.2) is 80.9 Å². The van der Waals surface area contributed by atoms with Gasteiger partial charge in [0, 0.05) is 26.7 Å². The van der Waals surface area contributed by atoms with Crippen molar-refractivity contribution in [2.45, 2.75) is 5.60 Å². The molecule has 3 amide bonds. The molecule has 0 aliphatic carbocycles. The molecule has 0 unspecified atom stereocenters. The van der Waals surface area contributed by atoms with Crippen LogP contribution in [-0.2, 0) is 14.3 Å². The maximum absolute atomic E-state index is 12.3. The monoisotopic (exact) mass is 323 g/mol. The van der Waals surface area contributed by atoms with Crippen LogP contribution in [0.25, 0.3) is 0 Å². The van der Waals surface area contributed by atoms with Crippen LogP contribution in [0.4, 0.5) is 10.5 Å². The molecule has 3 heterocycles. The molecule has 3 rings (SSSR count). The summed E-state index contributed by atoms with van der Waals surface area (Å²) < 4.78 is 16.5. The SMILES string of the molecule is CN(C)C(=O)N1CCOC[C@]2(C1)CN(c1ccoc1)C(=O)CO2. The van der Waals surface area contributed by atoms with E-state index in [0.717, 1.165) is 0 Å². The second kappa shape index (κ2) is 6.21. The van der Waals surface area contributed by atoms with Crippen LogP contribution in [0, 0.1) is 0 Å². The first-order valence-corrected chi connectivity index (χ1v) is 7.51. The number of amides is 3. The van der Waals surface area contributed by atoms with Gasteiger partial charge in [0.25, 0.3) is 5.91 Å². The minimum Gasteiger partial charge on any atom is -0.470 e. The van der Waals surface area contributed by atoms with E-state index in [9.17, 15) is 9.59 Å². The molecule has 126 valence electrons. The van der Waals surface area contributed by atoms with E-state index in [1.165, 1.54) is 17.4 Å². The first kappa shape index (κ1) is 15.8. The number of rotatable bonds is 1. The van der Waals surface area contributed by atoms with E-state index in [2.05, 4.69) is 0 Å². The lowest BCUT2D eigenvalue weighted by Gasteiger charge is -2.42. The molecule has 23 heavy (non-hydrogen) atoms. The summed E-state index contributed by atoms with van der Waals surface area (Å²) in [7, 11) is 3.42. The topological polar surface area (TPSA) is 75.5 Å². The van der Waals surface area contributed by atoms with Crippen molar-refractivity contribution in [1.82, 2.24) is 9.80 Å². The third-order valence-electron chi connectivity index (χ3n) is 4.07. The van der Waals surface area contributed by atoms with Gasteiger partial charge in [0.05, 0.1) is 38.3 Å². The normalized spacial score (nSPS) is 25.6. The van der Waals surface area contributed by atoms with Crippen molar-refractivity contribution in [3.63, 3.8) is 0 Å². The molecule has 1 spiro atoms. The van der Waals surface area contributed by atoms with Gasteiger partial charge in [-0.3, -0.25) is 4.79 Å². The van der Waals surface area contributed by atoms with Crippen LogP contribution in [0.3, 0.4) is 0 Å². The second-order valence-corrected chi connectivity index (χ2v) is 6.08. The average molecular weight is 323 g/mol. The molecule has 1 atom stereocenters. The van der Waals surface area contributed by atoms with Gasteiger partial charge in [0.15, 0.2) is 0 Å². The highest BCUT2D eigenvalue weighted by atomic mass is 16.6. The van der Waals surface area contributed by atoms with Crippen molar-refractivity contribution in [1.29, 1.82) is 0 Å². The van der Waals surface area contributed by atoms with Gasteiger partial charge in [-0.05, 0) is 0 Å². The molecule has 2 aliphatic heterocycles. The Kier molecular flexibility index (Phi) is 4.27. The maximum atomic E-state index is 12.3. The molecular formula is C15H21N3O5. The largest absolute Gasteiger partial charge is 0.470 e. The van der Waals surface area contributed by atoms with E-state index < -0.39 is 5.60 Å². The average Bonchev–Trinajstić information content (AvgIpc) is 2.98. The van der Waals surface area contributed by atoms with Gasteiger partial charge in [0.1, 0.15) is 18.5 Å². The fourth-order valence-electron chi connectivity index (χ4n) is 2.90. The van der Waals surface area contributed by atoms with Crippen molar-refractivity contribution >= 4 is 17.6 Å². The molecule has 0 saturated carbocycles. The van der Waals surface area contributed by atoms with Gasteiger partial charge in [-0.15, -0.1) is 0 Å². The lowest BCUT2D eigenvalue weighted by molar-refractivity contribution is -0.145. The molecule has 2 saturated heterocycles. The zero-order valence-corrected chi connectivity index (χ0v) is 13.4. The Morgan fingerprint density at radius 2 is 2.17 bits per heavy atom. The molecule has 1 aromatic heterocycles. The van der Waals surface area contributed by atoms with E-state index in [1.54, 1.807) is 30.0 Å². The van der Waals surface area contributed by atoms with Crippen LogP contribution in [0.5, 0.6) is 0 Å². The second-order valence-electron chi connectivity index (χ2n) is 6.08. The molecule has 2 fully saturated rings. The highest BCUT2D eigenvalue weighted by Crippen LogP contribution is 2.27. The first-order chi connectivity index (χ1) is 11.0. The lowest BCUT2D eigenvalue weighted by atomic mass is 10.0. The van der Waals surface area contributed by atoms with E-state index >= 15 is 0 Å². The number of nitrogens with zero attached hydrogens (tertiary/aromatic N) is 3. The van der Waals surface area contributed by atoms with Gasteiger partial charge >= 0.3 is 6.03 Å². The Labute approximate surface area is 134 Å². The number of hydrogen-bond acceptors (Lipinski definition) is 5. The van der Waals surface area contributed by atoms with Crippen LogP contribution >= 0.6 is 0 Å². The Balaban J connectivity index is 1.81. The summed E-state index contributed by atoms with van der Waals surface area (Å²) in [4.78, 5) is 29.3. The fourth-order valence-corrected chi connectivity index (χ4v) is 2.90. The summed E-state index contributed by atoms with van der Waals surface area (Å²) in [6.45, 7) is 1.95. The van der Waals surface area contributed by atoms with Crippen LogP contribution in [0.2, 0.25) is 0 Å². The van der Waals surface area contributed by atoms with Crippen LogP contribution < -0.4 is 4.90 Å². The summed E-state index contributed by atoms with van der Waals surface area (Å²) in [5, 5.41) is 0. The Hall–Kier alpha value is -2.06. The standard InChI is InChI=1S/C15H21N3O5/c1-16(2)14(20)17-4-6-22-11-15(9-17)10-18(13(19)8-23-15)12-3-5-21-7-12/h3,5,7H,4,6,8-11H2,1-2H3/t15-/m0/s1. The maximum Gasteiger partial charge on any atom is 0.319 e. The summed E-state index contributed by atoms with van der Waals surface area (Å²) in [5.41, 5.74) is -0.0414. The van der Waals surface area contributed by atoms with Crippen molar-refractivity contribution in [3.05, 3.63) is 18.6 Å². The molecular weight excluding hydrogens is 302 g/mol. The third-order valence-corrected chi connectivity index (χ3v) is 4.07. The van der Waals surface area contributed by atoms with Crippen molar-refractivity contribution < 1.29 is 23.5 Å². The molecule has 8 nitrogen and oxygen atoms in total. The van der Waals surface area contributed by atoms with Crippen molar-refractivity contribution in [2.75, 3.05) is 58.5 Å². The fraction of sp³-hybridized carbons (Fsp3) is 0.600. The lowest BCUT2D eigenvalue weighted by Crippen LogP contribution is -2.61. The highest BCUT2D eigenvalue weighted by Gasteiger charge is 2.44. The zero-order chi connectivity index (χ0) is 16.4. The minimum atomic E-state index is -0.729. The summed E-state index contributed by atoms with van der Waals surface area (Å²) in [5.74, 6) is -0.133. The smallest absolute Gasteiger partial charge is 0.319 e. The van der Waals surface area contributed by atoms with Crippen molar-refractivity contribution in [3.8, 4) is 0 Å². The molecule has 0 bridgehead atoms. The predicted octanol–water partition coefficient (Wildman–Crippen LogP) is 0.395. The summed E-state index contributed by atoms with van der Waals surface area (Å²) >= 11 is 0. The van der Waals surface area contributed by atoms with Gasteiger partial charge in [-0.25, -0.2) is 4.79 Å². The number of urea groups is 1. The summed E-state index contributed by atoms with van der Waals surface area (Å²) in [6, 6.07) is 1.64. The molecule has 1 aromatic rings. The summed E-state index contributed by atoms with van der Waals surface area (Å²) in [6.07, 6.45) is 3.05. The van der Waals surface area contributed by atoms with Crippen LogP contribution in [0.1, 0.15) is 0 Å². The number of ether oxygens (including phenoxy) is 2. The van der Waals surface area contributed by atoms with Crippen molar-refractivity contribution in [2.24, 2.45) is 0 Å². The van der Waals surface area contributed by atoms with Gasteiger partial charge in [-0.2, -0.15) is 0 Å². The molecule has 0 N–H and O–H groups in total. The number of hydrogen-bond donors (Lipinski definition) is 0. The number of furan rings is 1. The Morgan fingerprint density at radius 3 is 2.87 bits per heavy atom. The number of carbonyl (C=O) groups is 2. The van der Waals surface area contributed by atoms with Crippen LogP contribution in [0.15, 0.2) is 23.0 Å². The van der Waals surface area contributed by atoms with E-state index in [0.29, 0.717) is 38.5 Å². The number of carbonyl (C=O) groups excluding carboxylic acids is 2. The zero-order valence-electron chi connectivity index (χ0n) is 13.4. The number of morpholine rings is 1. The Bertz CT molecular complexity index is 574. The number of anilines is 1. The predicted molar refractivity (Wildman–Crippen MR) is 81.2 cm³/mol. The van der Waals surface area contributed by atoms with Gasteiger partial charge in [0.2, 0.25) is 0 Å².